The molecule has 1 aromatic heterocycles. The van der Waals surface area contributed by atoms with Crippen molar-refractivity contribution in [1.82, 2.24) is 9.97 Å². The van der Waals surface area contributed by atoms with Crippen LogP contribution in [0.15, 0.2) is 59.3 Å². The molecular formula is C20H18BrClN6O2. The Morgan fingerprint density at radius 3 is 2.47 bits per heavy atom. The number of piperazine rings is 1. The Morgan fingerprint density at radius 2 is 1.77 bits per heavy atom. The molecule has 2 heterocycles. The van der Waals surface area contributed by atoms with Crippen LogP contribution in [0, 0.1) is 10.1 Å². The minimum Gasteiger partial charge on any atom is -0.368 e. The Balaban J connectivity index is 1.56. The van der Waals surface area contributed by atoms with Crippen molar-refractivity contribution in [3.05, 3.63) is 74.5 Å². The lowest BCUT2D eigenvalue weighted by molar-refractivity contribution is -0.383. The molecule has 4 rings (SSSR count). The minimum absolute atomic E-state index is 0.131. The third-order valence-corrected chi connectivity index (χ3v) is 5.55. The molecule has 1 fully saturated rings. The third kappa shape index (κ3) is 4.47. The topological polar surface area (TPSA) is 87.4 Å². The Morgan fingerprint density at radius 1 is 1.03 bits per heavy atom. The zero-order valence-electron chi connectivity index (χ0n) is 15.8. The monoisotopic (exact) mass is 488 g/mol. The molecule has 0 amide bonds. The van der Waals surface area contributed by atoms with Crippen molar-refractivity contribution in [3.63, 3.8) is 0 Å². The molecule has 1 aliphatic rings. The maximum Gasteiger partial charge on any atom is 0.353 e. The fourth-order valence-corrected chi connectivity index (χ4v) is 4.00. The van der Waals surface area contributed by atoms with Crippen LogP contribution in [0.3, 0.4) is 0 Å². The average Bonchev–Trinajstić information content (AvgIpc) is 2.73. The van der Waals surface area contributed by atoms with Crippen LogP contribution in [0.25, 0.3) is 0 Å². The van der Waals surface area contributed by atoms with E-state index in [1.54, 1.807) is 0 Å². The van der Waals surface area contributed by atoms with Crippen molar-refractivity contribution in [2.45, 2.75) is 0 Å². The van der Waals surface area contributed by atoms with Gasteiger partial charge in [-0.25, -0.2) is 9.97 Å². The summed E-state index contributed by atoms with van der Waals surface area (Å²) < 4.78 is 0.863. The predicted octanol–water partition coefficient (Wildman–Crippen LogP) is 4.87. The summed E-state index contributed by atoms with van der Waals surface area (Å²) in [6, 6.07) is 15.1. The van der Waals surface area contributed by atoms with Gasteiger partial charge in [0.15, 0.2) is 0 Å². The first-order valence-electron chi connectivity index (χ1n) is 9.29. The molecule has 0 saturated carbocycles. The highest BCUT2D eigenvalue weighted by Crippen LogP contribution is 2.34. The van der Waals surface area contributed by atoms with Gasteiger partial charge in [0.25, 0.3) is 0 Å². The van der Waals surface area contributed by atoms with Gasteiger partial charge in [-0.3, -0.25) is 10.1 Å². The molecule has 8 nitrogen and oxygen atoms in total. The van der Waals surface area contributed by atoms with E-state index in [1.165, 1.54) is 6.33 Å². The number of halogens is 2. The highest BCUT2D eigenvalue weighted by Gasteiger charge is 2.29. The van der Waals surface area contributed by atoms with Crippen LogP contribution in [0.2, 0.25) is 5.02 Å². The highest BCUT2D eigenvalue weighted by molar-refractivity contribution is 9.10. The lowest BCUT2D eigenvalue weighted by Gasteiger charge is -2.36. The second-order valence-corrected chi connectivity index (χ2v) is 8.09. The van der Waals surface area contributed by atoms with Crippen molar-refractivity contribution < 1.29 is 4.92 Å². The molecule has 3 aromatic rings. The molecule has 0 atom stereocenters. The van der Waals surface area contributed by atoms with E-state index in [9.17, 15) is 10.1 Å². The maximum atomic E-state index is 11.9. The molecule has 10 heteroatoms. The van der Waals surface area contributed by atoms with Gasteiger partial charge < -0.3 is 15.1 Å². The van der Waals surface area contributed by atoms with Crippen molar-refractivity contribution in [2.24, 2.45) is 0 Å². The van der Waals surface area contributed by atoms with Crippen LogP contribution < -0.4 is 15.1 Å². The average molecular weight is 490 g/mol. The maximum absolute atomic E-state index is 11.9. The minimum atomic E-state index is -0.432. The van der Waals surface area contributed by atoms with Gasteiger partial charge >= 0.3 is 5.69 Å². The van der Waals surface area contributed by atoms with Gasteiger partial charge in [0.1, 0.15) is 6.33 Å². The predicted molar refractivity (Wildman–Crippen MR) is 122 cm³/mol. The summed E-state index contributed by atoms with van der Waals surface area (Å²) in [5.41, 5.74) is 1.60. The van der Waals surface area contributed by atoms with E-state index < -0.39 is 4.92 Å². The summed E-state index contributed by atoms with van der Waals surface area (Å²) in [4.78, 5) is 23.9. The number of anilines is 4. The van der Waals surface area contributed by atoms with E-state index in [0.717, 1.165) is 10.2 Å². The molecule has 30 heavy (non-hydrogen) atoms. The molecule has 0 spiro atoms. The standard InChI is InChI=1S/C20H18BrClN6O2/c21-14-3-1-5-16(11-14)25-19-18(28(29)30)20(24-13-23-19)27-9-7-26(8-10-27)17-6-2-4-15(22)12-17/h1-6,11-13H,7-10H2,(H,23,24,25). The lowest BCUT2D eigenvalue weighted by atomic mass is 10.2. The summed E-state index contributed by atoms with van der Waals surface area (Å²) in [5, 5.41) is 15.6. The van der Waals surface area contributed by atoms with Gasteiger partial charge in [0.2, 0.25) is 11.6 Å². The lowest BCUT2D eigenvalue weighted by Crippen LogP contribution is -2.47. The molecule has 154 valence electrons. The van der Waals surface area contributed by atoms with Crippen molar-refractivity contribution in [2.75, 3.05) is 41.3 Å². The molecule has 0 aliphatic carbocycles. The Bertz CT molecular complexity index is 1070. The van der Waals surface area contributed by atoms with Crippen molar-refractivity contribution >= 4 is 56.2 Å². The second kappa shape index (κ2) is 8.85. The van der Waals surface area contributed by atoms with Crippen LogP contribution in [0.5, 0.6) is 0 Å². The molecule has 1 aliphatic heterocycles. The fourth-order valence-electron chi connectivity index (χ4n) is 3.41. The largest absolute Gasteiger partial charge is 0.368 e. The summed E-state index contributed by atoms with van der Waals surface area (Å²) in [7, 11) is 0. The van der Waals surface area contributed by atoms with Crippen molar-refractivity contribution in [3.8, 4) is 0 Å². The van der Waals surface area contributed by atoms with E-state index >= 15 is 0 Å². The molecule has 1 N–H and O–H groups in total. The van der Waals surface area contributed by atoms with Gasteiger partial charge in [0, 0.05) is 47.0 Å². The SMILES string of the molecule is O=[N+]([O-])c1c(Nc2cccc(Br)c2)ncnc1N1CCN(c2cccc(Cl)c2)CC1. The number of benzene rings is 2. The fraction of sp³-hybridized carbons (Fsp3) is 0.200. The summed E-state index contributed by atoms with van der Waals surface area (Å²) >= 11 is 9.50. The molecule has 0 unspecified atom stereocenters. The normalized spacial score (nSPS) is 13.9. The molecule has 1 saturated heterocycles. The summed E-state index contributed by atoms with van der Waals surface area (Å²) in [5.74, 6) is 0.485. The molecule has 0 bridgehead atoms. The van der Waals surface area contributed by atoms with Crippen LogP contribution in [0.4, 0.5) is 28.7 Å². The van der Waals surface area contributed by atoms with Gasteiger partial charge in [0.05, 0.1) is 4.92 Å². The number of nitro groups is 1. The van der Waals surface area contributed by atoms with E-state index in [4.69, 9.17) is 11.6 Å². The van der Waals surface area contributed by atoms with Gasteiger partial charge in [-0.15, -0.1) is 0 Å². The molecule has 2 aromatic carbocycles. The van der Waals surface area contributed by atoms with Gasteiger partial charge in [-0.05, 0) is 36.4 Å². The number of aromatic nitrogens is 2. The van der Waals surface area contributed by atoms with Gasteiger partial charge in [-0.2, -0.15) is 0 Å². The van der Waals surface area contributed by atoms with E-state index in [0.29, 0.717) is 42.7 Å². The number of nitrogens with zero attached hydrogens (tertiary/aromatic N) is 5. The number of rotatable bonds is 5. The van der Waals surface area contributed by atoms with E-state index in [1.807, 2.05) is 53.4 Å². The zero-order chi connectivity index (χ0) is 21.1. The van der Waals surface area contributed by atoms with Crippen molar-refractivity contribution in [1.29, 1.82) is 0 Å². The van der Waals surface area contributed by atoms with Crippen LogP contribution >= 0.6 is 27.5 Å². The second-order valence-electron chi connectivity index (χ2n) is 6.74. The third-order valence-electron chi connectivity index (χ3n) is 4.83. The van der Waals surface area contributed by atoms with Crippen LogP contribution in [0.1, 0.15) is 0 Å². The molecular weight excluding hydrogens is 472 g/mol. The zero-order valence-corrected chi connectivity index (χ0v) is 18.2. The first kappa shape index (κ1) is 20.4. The van der Waals surface area contributed by atoms with Crippen LogP contribution in [-0.4, -0.2) is 41.1 Å². The van der Waals surface area contributed by atoms with E-state index in [2.05, 4.69) is 36.1 Å². The number of nitrogens with one attached hydrogen (secondary N) is 1. The molecule has 0 radical (unpaired) electrons. The first-order chi connectivity index (χ1) is 14.5. The highest BCUT2D eigenvalue weighted by atomic mass is 79.9. The quantitative estimate of drug-likeness (QED) is 0.404. The summed E-state index contributed by atoms with van der Waals surface area (Å²) in [6.07, 6.45) is 1.35. The Labute approximate surface area is 186 Å². The van der Waals surface area contributed by atoms with Crippen LogP contribution in [-0.2, 0) is 0 Å². The number of hydrogen-bond acceptors (Lipinski definition) is 7. The van der Waals surface area contributed by atoms with E-state index in [-0.39, 0.29) is 11.5 Å². The summed E-state index contributed by atoms with van der Waals surface area (Å²) in [6.45, 7) is 2.60. The number of hydrogen-bond donors (Lipinski definition) is 1. The first-order valence-corrected chi connectivity index (χ1v) is 10.5. The van der Waals surface area contributed by atoms with Gasteiger partial charge in [-0.1, -0.05) is 39.7 Å². The Hall–Kier alpha value is -2.91. The smallest absolute Gasteiger partial charge is 0.353 e. The Kier molecular flexibility index (Phi) is 6.01.